The van der Waals surface area contributed by atoms with Gasteiger partial charge in [0.1, 0.15) is 12.2 Å². The highest BCUT2D eigenvalue weighted by Crippen LogP contribution is 2.44. The van der Waals surface area contributed by atoms with Crippen molar-refractivity contribution in [2.45, 2.75) is 11.9 Å². The number of aliphatic hydroxyl groups is 1. The molecular weight excluding hydrogens is 190 g/mol. The first-order chi connectivity index (χ1) is 6.62. The number of ether oxygens (including phenoxy) is 1. The molecule has 4 unspecified atom stereocenters. The Morgan fingerprint density at radius 2 is 2.36 bits per heavy atom. The van der Waals surface area contributed by atoms with Crippen LogP contribution in [-0.4, -0.2) is 34.4 Å². The molecule has 76 valence electrons. The van der Waals surface area contributed by atoms with Gasteiger partial charge in [0.2, 0.25) is 0 Å². The molecule has 0 spiro atoms. The second-order valence-electron chi connectivity index (χ2n) is 3.36. The van der Waals surface area contributed by atoms with Gasteiger partial charge >= 0.3 is 0 Å². The van der Waals surface area contributed by atoms with Gasteiger partial charge in [-0.3, -0.25) is 10.0 Å². The van der Waals surface area contributed by atoms with Crippen LogP contribution in [0.4, 0.5) is 0 Å². The number of carbonyl (C=O) groups is 2. The second-order valence-corrected chi connectivity index (χ2v) is 3.36. The van der Waals surface area contributed by atoms with Crippen molar-refractivity contribution in [3.8, 4) is 0 Å². The van der Waals surface area contributed by atoms with Crippen molar-refractivity contribution in [2.75, 3.05) is 0 Å². The number of rotatable bonds is 2. The third kappa shape index (κ3) is 1.02. The van der Waals surface area contributed by atoms with E-state index in [1.807, 2.05) is 0 Å². The van der Waals surface area contributed by atoms with Crippen molar-refractivity contribution in [1.82, 2.24) is 5.48 Å². The van der Waals surface area contributed by atoms with E-state index in [9.17, 15) is 14.7 Å². The van der Waals surface area contributed by atoms with E-state index in [-0.39, 0.29) is 0 Å². The summed E-state index contributed by atoms with van der Waals surface area (Å²) in [5.41, 5.74) is 1.41. The van der Waals surface area contributed by atoms with Crippen LogP contribution in [0.5, 0.6) is 0 Å². The lowest BCUT2D eigenvalue weighted by atomic mass is 9.81. The molecule has 2 heterocycles. The van der Waals surface area contributed by atoms with E-state index in [0.717, 1.165) is 0 Å². The predicted octanol–water partition coefficient (Wildman–Crippen LogP) is -1.42. The van der Waals surface area contributed by atoms with Gasteiger partial charge in [-0.15, -0.1) is 0 Å². The fourth-order valence-corrected chi connectivity index (χ4v) is 1.97. The topological polar surface area (TPSA) is 95.9 Å². The summed E-state index contributed by atoms with van der Waals surface area (Å²) in [5, 5.41) is 18.2. The summed E-state index contributed by atoms with van der Waals surface area (Å²) in [5.74, 6) is -4.42. The third-order valence-electron chi connectivity index (χ3n) is 2.61. The maximum atomic E-state index is 11.2. The first-order valence-electron chi connectivity index (χ1n) is 4.11. The maximum absolute atomic E-state index is 11.2. The number of carbonyl (C=O) groups excluding carboxylic acids is 2. The van der Waals surface area contributed by atoms with Crippen LogP contribution in [0.3, 0.4) is 0 Å². The van der Waals surface area contributed by atoms with E-state index in [0.29, 0.717) is 6.29 Å². The van der Waals surface area contributed by atoms with Gasteiger partial charge in [0.15, 0.2) is 5.79 Å². The van der Waals surface area contributed by atoms with Crippen molar-refractivity contribution in [2.24, 2.45) is 11.8 Å². The van der Waals surface area contributed by atoms with Crippen LogP contribution >= 0.6 is 0 Å². The highest BCUT2D eigenvalue weighted by molar-refractivity contribution is 5.83. The van der Waals surface area contributed by atoms with E-state index < -0.39 is 29.6 Å². The Bertz CT molecular complexity index is 315. The molecule has 6 nitrogen and oxygen atoms in total. The lowest BCUT2D eigenvalue weighted by Crippen LogP contribution is -2.45. The van der Waals surface area contributed by atoms with Crippen molar-refractivity contribution in [3.63, 3.8) is 0 Å². The SMILES string of the molecule is O=CC1C2C=CC(O)(O2)C1C(=O)NO. The Morgan fingerprint density at radius 3 is 2.93 bits per heavy atom. The minimum absolute atomic E-state index is 0.548. The fraction of sp³-hybridized carbons (Fsp3) is 0.500. The number of fused-ring (bicyclic) bond motifs is 2. The quantitative estimate of drug-likeness (QED) is 0.219. The van der Waals surface area contributed by atoms with E-state index in [4.69, 9.17) is 9.94 Å². The number of hydroxylamine groups is 1. The molecule has 2 aliphatic heterocycles. The normalized spacial score (nSPS) is 44.0. The Kier molecular flexibility index (Phi) is 1.91. The largest absolute Gasteiger partial charge is 0.362 e. The van der Waals surface area contributed by atoms with Crippen molar-refractivity contribution >= 4 is 12.2 Å². The Balaban J connectivity index is 2.34. The van der Waals surface area contributed by atoms with Crippen LogP contribution in [0.15, 0.2) is 12.2 Å². The molecule has 2 bridgehead atoms. The van der Waals surface area contributed by atoms with Gasteiger partial charge in [-0.2, -0.15) is 0 Å². The molecule has 2 aliphatic rings. The van der Waals surface area contributed by atoms with Gasteiger partial charge in [-0.05, 0) is 6.08 Å². The maximum Gasteiger partial charge on any atom is 0.253 e. The Labute approximate surface area is 79.1 Å². The van der Waals surface area contributed by atoms with Crippen molar-refractivity contribution < 1.29 is 24.6 Å². The molecule has 0 aromatic carbocycles. The summed E-state index contributed by atoms with van der Waals surface area (Å²) in [7, 11) is 0. The van der Waals surface area contributed by atoms with Crippen LogP contribution in [0.2, 0.25) is 0 Å². The summed E-state index contributed by atoms with van der Waals surface area (Å²) >= 11 is 0. The number of aldehydes is 1. The predicted molar refractivity (Wildman–Crippen MR) is 41.9 cm³/mol. The molecule has 2 rings (SSSR count). The first-order valence-corrected chi connectivity index (χ1v) is 4.11. The van der Waals surface area contributed by atoms with Gasteiger partial charge < -0.3 is 14.6 Å². The summed E-state index contributed by atoms with van der Waals surface area (Å²) in [4.78, 5) is 21.9. The molecule has 14 heavy (non-hydrogen) atoms. The van der Waals surface area contributed by atoms with E-state index in [2.05, 4.69) is 0 Å². The van der Waals surface area contributed by atoms with Crippen LogP contribution in [0, 0.1) is 11.8 Å². The average Bonchev–Trinajstić information content (AvgIpc) is 2.68. The lowest BCUT2D eigenvalue weighted by molar-refractivity contribution is -0.171. The zero-order chi connectivity index (χ0) is 10.3. The zero-order valence-electron chi connectivity index (χ0n) is 7.08. The molecule has 0 saturated carbocycles. The number of nitrogens with one attached hydrogen (secondary N) is 1. The van der Waals surface area contributed by atoms with Gasteiger partial charge in [0, 0.05) is 0 Å². The highest BCUT2D eigenvalue weighted by Gasteiger charge is 2.59. The second kappa shape index (κ2) is 2.88. The molecule has 4 atom stereocenters. The minimum atomic E-state index is -1.76. The smallest absolute Gasteiger partial charge is 0.253 e. The molecule has 1 amide bonds. The van der Waals surface area contributed by atoms with Crippen LogP contribution < -0.4 is 5.48 Å². The Morgan fingerprint density at radius 1 is 1.64 bits per heavy atom. The third-order valence-corrected chi connectivity index (χ3v) is 2.61. The molecule has 0 aliphatic carbocycles. The number of hydrogen-bond acceptors (Lipinski definition) is 5. The summed E-state index contributed by atoms with van der Waals surface area (Å²) in [6.45, 7) is 0. The molecule has 1 fully saturated rings. The van der Waals surface area contributed by atoms with Crippen LogP contribution in [0.1, 0.15) is 0 Å². The number of amides is 1. The van der Waals surface area contributed by atoms with Gasteiger partial charge in [0.05, 0.1) is 12.0 Å². The Hall–Kier alpha value is -1.24. The van der Waals surface area contributed by atoms with Gasteiger partial charge in [0.25, 0.3) is 5.91 Å². The van der Waals surface area contributed by atoms with E-state index in [1.165, 1.54) is 17.6 Å². The minimum Gasteiger partial charge on any atom is -0.362 e. The average molecular weight is 199 g/mol. The highest BCUT2D eigenvalue weighted by atomic mass is 16.6. The summed E-state index contributed by atoms with van der Waals surface area (Å²) in [6.07, 6.45) is 2.81. The van der Waals surface area contributed by atoms with E-state index in [1.54, 1.807) is 0 Å². The number of hydrogen-bond donors (Lipinski definition) is 3. The van der Waals surface area contributed by atoms with Crippen molar-refractivity contribution in [3.05, 3.63) is 12.2 Å². The van der Waals surface area contributed by atoms with Crippen LogP contribution in [-0.2, 0) is 14.3 Å². The lowest BCUT2D eigenvalue weighted by Gasteiger charge is -2.24. The summed E-state index contributed by atoms with van der Waals surface area (Å²) < 4.78 is 5.04. The fourth-order valence-electron chi connectivity index (χ4n) is 1.97. The van der Waals surface area contributed by atoms with Crippen LogP contribution in [0.25, 0.3) is 0 Å². The molecule has 0 aromatic rings. The molecule has 0 aromatic heterocycles. The molecule has 6 heteroatoms. The van der Waals surface area contributed by atoms with E-state index >= 15 is 0 Å². The van der Waals surface area contributed by atoms with Gasteiger partial charge in [-0.25, -0.2) is 5.48 Å². The molecule has 3 N–H and O–H groups in total. The van der Waals surface area contributed by atoms with Crippen molar-refractivity contribution in [1.29, 1.82) is 0 Å². The molecular formula is C8H9NO5. The van der Waals surface area contributed by atoms with Gasteiger partial charge in [-0.1, -0.05) is 6.08 Å². The standard InChI is InChI=1S/C8H9NO5/c10-3-4-5-1-2-8(12,14-5)6(4)7(11)9-13/h1-6,12-13H,(H,9,11). The first kappa shape index (κ1) is 9.32. The molecule has 1 saturated heterocycles. The monoisotopic (exact) mass is 199 g/mol. The molecule has 0 radical (unpaired) electrons. The zero-order valence-corrected chi connectivity index (χ0v) is 7.08. The summed E-state index contributed by atoms with van der Waals surface area (Å²) in [6, 6.07) is 0.